The molecule has 0 amide bonds. The molecule has 0 saturated heterocycles. The SMILES string of the molecule is O=C(O)Cc1ccc(Nc2ncc3cnn(C4CCCCCC4)c3n2)cc1Cl. The number of carboxylic acid groups (broad SMARTS) is 1. The Balaban J connectivity index is 1.58. The predicted octanol–water partition coefficient (Wildman–Crippen LogP) is 4.75. The molecule has 1 aliphatic rings. The fourth-order valence-electron chi connectivity index (χ4n) is 3.73. The molecule has 2 N–H and O–H groups in total. The van der Waals surface area contributed by atoms with Crippen LogP contribution in [0.2, 0.25) is 5.02 Å². The second kappa shape index (κ2) is 8.14. The molecular formula is C20H22ClN5O2. The van der Waals surface area contributed by atoms with Crippen LogP contribution in [0.3, 0.4) is 0 Å². The van der Waals surface area contributed by atoms with Crippen molar-refractivity contribution in [1.29, 1.82) is 0 Å². The number of hydrogen-bond acceptors (Lipinski definition) is 5. The Kier molecular flexibility index (Phi) is 5.43. The summed E-state index contributed by atoms with van der Waals surface area (Å²) in [7, 11) is 0. The van der Waals surface area contributed by atoms with Crippen molar-refractivity contribution in [3.05, 3.63) is 41.2 Å². The zero-order valence-electron chi connectivity index (χ0n) is 15.4. The van der Waals surface area contributed by atoms with Crippen molar-refractivity contribution < 1.29 is 9.90 Å². The molecular weight excluding hydrogens is 378 g/mol. The molecule has 8 heteroatoms. The summed E-state index contributed by atoms with van der Waals surface area (Å²) in [4.78, 5) is 19.9. The van der Waals surface area contributed by atoms with Crippen LogP contribution >= 0.6 is 11.6 Å². The first-order valence-electron chi connectivity index (χ1n) is 9.57. The first kappa shape index (κ1) is 18.7. The maximum absolute atomic E-state index is 10.9. The number of carboxylic acids is 1. The van der Waals surface area contributed by atoms with E-state index in [0.717, 1.165) is 23.9 Å². The van der Waals surface area contributed by atoms with Gasteiger partial charge in [-0.1, -0.05) is 43.4 Å². The van der Waals surface area contributed by atoms with Gasteiger partial charge in [0.15, 0.2) is 5.65 Å². The van der Waals surface area contributed by atoms with Crippen LogP contribution in [0.25, 0.3) is 11.0 Å². The van der Waals surface area contributed by atoms with Crippen molar-refractivity contribution in [2.45, 2.75) is 51.0 Å². The number of aromatic nitrogens is 4. The van der Waals surface area contributed by atoms with Crippen molar-refractivity contribution in [3.8, 4) is 0 Å². The molecule has 0 bridgehead atoms. The van der Waals surface area contributed by atoms with Gasteiger partial charge in [0, 0.05) is 16.9 Å². The lowest BCUT2D eigenvalue weighted by Crippen LogP contribution is -2.11. The van der Waals surface area contributed by atoms with Crippen LogP contribution in [0.4, 0.5) is 11.6 Å². The summed E-state index contributed by atoms with van der Waals surface area (Å²) < 4.78 is 2.04. The van der Waals surface area contributed by atoms with Crippen molar-refractivity contribution >= 4 is 40.2 Å². The maximum Gasteiger partial charge on any atom is 0.307 e. The van der Waals surface area contributed by atoms with Crippen LogP contribution in [0, 0.1) is 0 Å². The van der Waals surface area contributed by atoms with Crippen LogP contribution in [0.5, 0.6) is 0 Å². The number of nitrogens with one attached hydrogen (secondary N) is 1. The highest BCUT2D eigenvalue weighted by molar-refractivity contribution is 6.31. The quantitative estimate of drug-likeness (QED) is 0.601. The number of hydrogen-bond donors (Lipinski definition) is 2. The number of anilines is 2. The molecule has 1 saturated carbocycles. The van der Waals surface area contributed by atoms with Gasteiger partial charge in [0.05, 0.1) is 24.0 Å². The molecule has 2 heterocycles. The van der Waals surface area contributed by atoms with Gasteiger partial charge in [0.1, 0.15) is 0 Å². The molecule has 28 heavy (non-hydrogen) atoms. The van der Waals surface area contributed by atoms with E-state index in [9.17, 15) is 4.79 Å². The Labute approximate surface area is 167 Å². The second-order valence-electron chi connectivity index (χ2n) is 7.21. The molecule has 3 aromatic rings. The standard InChI is InChI=1S/C20H22ClN5O2/c21-17-10-15(8-7-13(17)9-18(27)28)24-20-22-11-14-12-23-26(19(14)25-20)16-5-3-1-2-4-6-16/h7-8,10-12,16H,1-6,9H2,(H,27,28)(H,22,24,25). The minimum absolute atomic E-state index is 0.109. The monoisotopic (exact) mass is 399 g/mol. The first-order valence-corrected chi connectivity index (χ1v) is 9.95. The number of aliphatic carboxylic acids is 1. The number of rotatable bonds is 5. The summed E-state index contributed by atoms with van der Waals surface area (Å²) in [5.74, 6) is -0.451. The summed E-state index contributed by atoms with van der Waals surface area (Å²) in [5.41, 5.74) is 2.11. The Morgan fingerprint density at radius 2 is 2.00 bits per heavy atom. The summed E-state index contributed by atoms with van der Waals surface area (Å²) in [6, 6.07) is 5.55. The minimum atomic E-state index is -0.914. The molecule has 0 spiro atoms. The molecule has 146 valence electrons. The van der Waals surface area contributed by atoms with Gasteiger partial charge in [-0.3, -0.25) is 4.79 Å². The van der Waals surface area contributed by atoms with Crippen LogP contribution in [0.15, 0.2) is 30.6 Å². The van der Waals surface area contributed by atoms with E-state index in [1.54, 1.807) is 24.4 Å². The third kappa shape index (κ3) is 4.09. The molecule has 0 radical (unpaired) electrons. The summed E-state index contributed by atoms with van der Waals surface area (Å²) in [6.07, 6.45) is 10.8. The number of nitrogens with zero attached hydrogens (tertiary/aromatic N) is 4. The Bertz CT molecular complexity index is 995. The van der Waals surface area contributed by atoms with E-state index in [4.69, 9.17) is 16.7 Å². The summed E-state index contributed by atoms with van der Waals surface area (Å²) >= 11 is 6.20. The van der Waals surface area contributed by atoms with Gasteiger partial charge in [0.2, 0.25) is 5.95 Å². The second-order valence-corrected chi connectivity index (χ2v) is 7.62. The van der Waals surface area contributed by atoms with E-state index >= 15 is 0 Å². The Morgan fingerprint density at radius 3 is 2.71 bits per heavy atom. The van der Waals surface area contributed by atoms with Gasteiger partial charge in [-0.05, 0) is 30.5 Å². The van der Waals surface area contributed by atoms with Gasteiger partial charge in [-0.2, -0.15) is 10.1 Å². The van der Waals surface area contributed by atoms with Gasteiger partial charge < -0.3 is 10.4 Å². The normalized spacial score (nSPS) is 15.5. The molecule has 0 unspecified atom stereocenters. The molecule has 1 aliphatic carbocycles. The highest BCUT2D eigenvalue weighted by Gasteiger charge is 2.18. The fraction of sp³-hybridized carbons (Fsp3) is 0.400. The van der Waals surface area contributed by atoms with E-state index in [2.05, 4.69) is 20.4 Å². The van der Waals surface area contributed by atoms with E-state index in [-0.39, 0.29) is 6.42 Å². The van der Waals surface area contributed by atoms with E-state index in [1.807, 2.05) is 10.9 Å². The highest BCUT2D eigenvalue weighted by Crippen LogP contribution is 2.29. The van der Waals surface area contributed by atoms with Gasteiger partial charge in [-0.15, -0.1) is 0 Å². The zero-order chi connectivity index (χ0) is 19.5. The van der Waals surface area contributed by atoms with Gasteiger partial charge in [0.25, 0.3) is 0 Å². The minimum Gasteiger partial charge on any atom is -0.481 e. The zero-order valence-corrected chi connectivity index (χ0v) is 16.2. The first-order chi connectivity index (χ1) is 13.6. The largest absolute Gasteiger partial charge is 0.481 e. The third-order valence-electron chi connectivity index (χ3n) is 5.16. The topological polar surface area (TPSA) is 92.9 Å². The smallest absolute Gasteiger partial charge is 0.307 e. The Morgan fingerprint density at radius 1 is 1.21 bits per heavy atom. The van der Waals surface area contributed by atoms with Crippen LogP contribution in [-0.2, 0) is 11.2 Å². The highest BCUT2D eigenvalue weighted by atomic mass is 35.5. The number of benzene rings is 1. The lowest BCUT2D eigenvalue weighted by molar-refractivity contribution is -0.136. The molecule has 1 fully saturated rings. The van der Waals surface area contributed by atoms with Gasteiger partial charge >= 0.3 is 5.97 Å². The van der Waals surface area contributed by atoms with Crippen molar-refractivity contribution in [3.63, 3.8) is 0 Å². The van der Waals surface area contributed by atoms with Crippen molar-refractivity contribution in [1.82, 2.24) is 19.7 Å². The number of fused-ring (bicyclic) bond motifs is 1. The van der Waals surface area contributed by atoms with Crippen molar-refractivity contribution in [2.24, 2.45) is 0 Å². The van der Waals surface area contributed by atoms with E-state index in [1.165, 1.54) is 25.7 Å². The van der Waals surface area contributed by atoms with Gasteiger partial charge in [-0.25, -0.2) is 9.67 Å². The fourth-order valence-corrected chi connectivity index (χ4v) is 3.97. The summed E-state index contributed by atoms with van der Waals surface area (Å²) in [6.45, 7) is 0. The molecule has 7 nitrogen and oxygen atoms in total. The average Bonchev–Trinajstić information content (AvgIpc) is 2.89. The molecule has 0 atom stereocenters. The van der Waals surface area contributed by atoms with Crippen LogP contribution in [-0.4, -0.2) is 30.8 Å². The Hall–Kier alpha value is -2.67. The number of carbonyl (C=O) groups is 1. The van der Waals surface area contributed by atoms with Crippen molar-refractivity contribution in [2.75, 3.05) is 5.32 Å². The lowest BCUT2D eigenvalue weighted by atomic mass is 10.1. The summed E-state index contributed by atoms with van der Waals surface area (Å²) in [5, 5.41) is 18.0. The number of halogens is 1. The molecule has 2 aromatic heterocycles. The lowest BCUT2D eigenvalue weighted by Gasteiger charge is -2.15. The van der Waals surface area contributed by atoms with E-state index < -0.39 is 5.97 Å². The average molecular weight is 400 g/mol. The molecule has 4 rings (SSSR count). The third-order valence-corrected chi connectivity index (χ3v) is 5.51. The molecule has 0 aliphatic heterocycles. The van der Waals surface area contributed by atoms with Crippen LogP contribution < -0.4 is 5.32 Å². The van der Waals surface area contributed by atoms with E-state index in [0.29, 0.717) is 28.3 Å². The predicted molar refractivity (Wildman–Crippen MR) is 108 cm³/mol. The molecule has 1 aromatic carbocycles. The van der Waals surface area contributed by atoms with Crippen LogP contribution in [0.1, 0.15) is 50.1 Å². The maximum atomic E-state index is 10.9.